The molecule has 1 rings (SSSR count). The summed E-state index contributed by atoms with van der Waals surface area (Å²) >= 11 is 0. The second-order valence-electron chi connectivity index (χ2n) is 4.44. The lowest BCUT2D eigenvalue weighted by atomic mass is 9.93. The molecule has 0 aromatic rings. The van der Waals surface area contributed by atoms with Crippen LogP contribution in [0.5, 0.6) is 0 Å². The van der Waals surface area contributed by atoms with E-state index in [0.717, 1.165) is 25.8 Å². The fraction of sp³-hybridized carbons (Fsp3) is 0.818. The summed E-state index contributed by atoms with van der Waals surface area (Å²) < 4.78 is 0. The van der Waals surface area contributed by atoms with Gasteiger partial charge in [-0.1, -0.05) is 6.92 Å². The monoisotopic (exact) mass is 194 g/mol. The highest BCUT2D eigenvalue weighted by Gasteiger charge is 2.36. The molecule has 1 atom stereocenters. The van der Waals surface area contributed by atoms with Crippen LogP contribution in [0.15, 0.2) is 0 Å². The second kappa shape index (κ2) is 4.00. The minimum absolute atomic E-state index is 0.00986. The lowest BCUT2D eigenvalue weighted by molar-refractivity contribution is -0.138. The highest BCUT2D eigenvalue weighted by molar-refractivity contribution is 5.85. The fourth-order valence-corrected chi connectivity index (χ4v) is 1.93. The van der Waals surface area contributed by atoms with Gasteiger partial charge < -0.3 is 4.90 Å². The maximum absolute atomic E-state index is 12.0. The number of nitrogens with zero attached hydrogens (tertiary/aromatic N) is 2. The quantitative estimate of drug-likeness (QED) is 0.674. The van der Waals surface area contributed by atoms with E-state index in [1.165, 1.54) is 0 Å². The molecule has 0 saturated carbocycles. The first-order valence-electron chi connectivity index (χ1n) is 5.25. The molecule has 1 amide bonds. The Morgan fingerprint density at radius 1 is 1.64 bits per heavy atom. The van der Waals surface area contributed by atoms with Crippen LogP contribution < -0.4 is 0 Å². The van der Waals surface area contributed by atoms with Gasteiger partial charge in [-0.05, 0) is 33.1 Å². The SMILES string of the molecule is CCC1CCCN1C(=O)C(C)(C)C#N. The standard InChI is InChI=1S/C11H18N2O/c1-4-9-6-5-7-13(9)10(14)11(2,3)8-12/h9H,4-7H2,1-3H3. The van der Waals surface area contributed by atoms with Crippen LogP contribution in [0.1, 0.15) is 40.0 Å². The summed E-state index contributed by atoms with van der Waals surface area (Å²) in [4.78, 5) is 13.8. The van der Waals surface area contributed by atoms with E-state index in [1.54, 1.807) is 13.8 Å². The van der Waals surface area contributed by atoms with Crippen molar-refractivity contribution in [2.24, 2.45) is 5.41 Å². The van der Waals surface area contributed by atoms with Crippen molar-refractivity contribution in [1.82, 2.24) is 4.90 Å². The van der Waals surface area contributed by atoms with Crippen molar-refractivity contribution >= 4 is 5.91 Å². The van der Waals surface area contributed by atoms with E-state index < -0.39 is 5.41 Å². The highest BCUT2D eigenvalue weighted by Crippen LogP contribution is 2.26. The van der Waals surface area contributed by atoms with Gasteiger partial charge in [0.1, 0.15) is 5.41 Å². The van der Waals surface area contributed by atoms with Gasteiger partial charge in [-0.2, -0.15) is 5.26 Å². The van der Waals surface area contributed by atoms with Crippen molar-refractivity contribution in [2.75, 3.05) is 6.54 Å². The smallest absolute Gasteiger partial charge is 0.242 e. The summed E-state index contributed by atoms with van der Waals surface area (Å²) in [7, 11) is 0. The second-order valence-corrected chi connectivity index (χ2v) is 4.44. The van der Waals surface area contributed by atoms with Crippen molar-refractivity contribution in [2.45, 2.75) is 46.1 Å². The van der Waals surface area contributed by atoms with E-state index >= 15 is 0 Å². The van der Waals surface area contributed by atoms with Gasteiger partial charge >= 0.3 is 0 Å². The molecular formula is C11H18N2O. The number of hydrogen-bond donors (Lipinski definition) is 0. The third-order valence-electron chi connectivity index (χ3n) is 2.92. The first-order chi connectivity index (χ1) is 6.53. The molecule has 1 aliphatic heterocycles. The summed E-state index contributed by atoms with van der Waals surface area (Å²) in [6, 6.07) is 2.43. The summed E-state index contributed by atoms with van der Waals surface area (Å²) in [6.45, 7) is 6.30. The van der Waals surface area contributed by atoms with Crippen LogP contribution >= 0.6 is 0 Å². The Bertz CT molecular complexity index is 265. The molecule has 0 N–H and O–H groups in total. The maximum atomic E-state index is 12.0. The molecule has 0 aromatic carbocycles. The zero-order chi connectivity index (χ0) is 10.8. The number of carbonyl (C=O) groups excluding carboxylic acids is 1. The Morgan fingerprint density at radius 2 is 2.29 bits per heavy atom. The Morgan fingerprint density at radius 3 is 2.79 bits per heavy atom. The molecule has 0 aromatic heterocycles. The molecule has 0 aliphatic carbocycles. The molecule has 14 heavy (non-hydrogen) atoms. The molecule has 0 bridgehead atoms. The molecule has 3 heteroatoms. The molecule has 3 nitrogen and oxygen atoms in total. The Hall–Kier alpha value is -1.04. The predicted octanol–water partition coefficient (Wildman–Crippen LogP) is 1.94. The number of hydrogen-bond acceptors (Lipinski definition) is 2. The minimum Gasteiger partial charge on any atom is -0.338 e. The summed E-state index contributed by atoms with van der Waals surface area (Å²) in [5, 5.41) is 8.89. The third-order valence-corrected chi connectivity index (χ3v) is 2.92. The number of nitriles is 1. The Kier molecular flexibility index (Phi) is 3.15. The van der Waals surface area contributed by atoms with Gasteiger partial charge in [0.15, 0.2) is 0 Å². The van der Waals surface area contributed by atoms with Crippen LogP contribution in [-0.4, -0.2) is 23.4 Å². The van der Waals surface area contributed by atoms with E-state index in [-0.39, 0.29) is 5.91 Å². The van der Waals surface area contributed by atoms with E-state index in [1.807, 2.05) is 4.90 Å². The predicted molar refractivity (Wildman–Crippen MR) is 54.4 cm³/mol. The maximum Gasteiger partial charge on any atom is 0.242 e. The molecule has 1 saturated heterocycles. The average Bonchev–Trinajstić information content (AvgIpc) is 2.64. The summed E-state index contributed by atoms with van der Waals surface area (Å²) in [6.07, 6.45) is 3.16. The molecule has 1 unspecified atom stereocenters. The van der Waals surface area contributed by atoms with Crippen LogP contribution in [0, 0.1) is 16.7 Å². The molecule has 1 heterocycles. The Balaban J connectivity index is 2.75. The third kappa shape index (κ3) is 1.89. The molecule has 0 radical (unpaired) electrons. The first kappa shape index (κ1) is 11.0. The van der Waals surface area contributed by atoms with Crippen molar-refractivity contribution in [3.63, 3.8) is 0 Å². The largest absolute Gasteiger partial charge is 0.338 e. The van der Waals surface area contributed by atoms with E-state index in [2.05, 4.69) is 13.0 Å². The number of carbonyl (C=O) groups is 1. The van der Waals surface area contributed by atoms with Crippen molar-refractivity contribution in [3.8, 4) is 6.07 Å². The lowest BCUT2D eigenvalue weighted by Crippen LogP contribution is -2.42. The van der Waals surface area contributed by atoms with Crippen molar-refractivity contribution in [1.29, 1.82) is 5.26 Å². The van der Waals surface area contributed by atoms with Gasteiger partial charge in [-0.15, -0.1) is 0 Å². The zero-order valence-corrected chi connectivity index (χ0v) is 9.21. The molecular weight excluding hydrogens is 176 g/mol. The highest BCUT2D eigenvalue weighted by atomic mass is 16.2. The van der Waals surface area contributed by atoms with E-state index in [9.17, 15) is 4.79 Å². The average molecular weight is 194 g/mol. The molecule has 1 fully saturated rings. The van der Waals surface area contributed by atoms with E-state index in [4.69, 9.17) is 5.26 Å². The van der Waals surface area contributed by atoms with Gasteiger partial charge in [0, 0.05) is 12.6 Å². The minimum atomic E-state index is -0.863. The first-order valence-corrected chi connectivity index (χ1v) is 5.25. The lowest BCUT2D eigenvalue weighted by Gasteiger charge is -2.28. The van der Waals surface area contributed by atoms with Crippen LogP contribution in [-0.2, 0) is 4.79 Å². The van der Waals surface area contributed by atoms with Gasteiger partial charge in [0.25, 0.3) is 0 Å². The summed E-state index contributed by atoms with van der Waals surface area (Å²) in [5.41, 5.74) is -0.863. The van der Waals surface area contributed by atoms with Crippen LogP contribution in [0.25, 0.3) is 0 Å². The van der Waals surface area contributed by atoms with Crippen LogP contribution in [0.2, 0.25) is 0 Å². The molecule has 1 aliphatic rings. The van der Waals surface area contributed by atoms with Crippen LogP contribution in [0.3, 0.4) is 0 Å². The van der Waals surface area contributed by atoms with Gasteiger partial charge in [-0.3, -0.25) is 4.79 Å². The topological polar surface area (TPSA) is 44.1 Å². The Labute approximate surface area is 85.7 Å². The zero-order valence-electron chi connectivity index (χ0n) is 9.21. The van der Waals surface area contributed by atoms with Gasteiger partial charge in [0.05, 0.1) is 6.07 Å². The van der Waals surface area contributed by atoms with Crippen molar-refractivity contribution in [3.05, 3.63) is 0 Å². The molecule has 0 spiro atoms. The van der Waals surface area contributed by atoms with Crippen LogP contribution in [0.4, 0.5) is 0 Å². The fourth-order valence-electron chi connectivity index (χ4n) is 1.93. The number of likely N-dealkylation sites (tertiary alicyclic amines) is 1. The number of amides is 1. The van der Waals surface area contributed by atoms with Gasteiger partial charge in [-0.25, -0.2) is 0 Å². The van der Waals surface area contributed by atoms with Crippen molar-refractivity contribution < 1.29 is 4.79 Å². The molecule has 78 valence electrons. The van der Waals surface area contributed by atoms with E-state index in [0.29, 0.717) is 6.04 Å². The summed E-state index contributed by atoms with van der Waals surface area (Å²) in [5.74, 6) is -0.00986. The number of rotatable bonds is 2. The van der Waals surface area contributed by atoms with Gasteiger partial charge in [0.2, 0.25) is 5.91 Å². The normalized spacial score (nSPS) is 22.1.